The van der Waals surface area contributed by atoms with Crippen LogP contribution in [-0.4, -0.2) is 38.3 Å². The normalized spacial score (nSPS) is 18.3. The molecule has 1 fully saturated rings. The van der Waals surface area contributed by atoms with Gasteiger partial charge in [0, 0.05) is 25.6 Å². The summed E-state index contributed by atoms with van der Waals surface area (Å²) < 4.78 is 67.6. The highest BCUT2D eigenvalue weighted by molar-refractivity contribution is 7.89. The van der Waals surface area contributed by atoms with E-state index in [0.29, 0.717) is 24.7 Å². The number of halogens is 3. The molecule has 2 aromatic carbocycles. The number of piperidine rings is 1. The molecule has 0 atom stereocenters. The number of hydrogen-bond acceptors (Lipinski definition) is 3. The molecular formula is C21H21F3N2O3S. The van der Waals surface area contributed by atoms with Crippen molar-refractivity contribution in [3.8, 4) is 0 Å². The van der Waals surface area contributed by atoms with Gasteiger partial charge in [0.2, 0.25) is 15.9 Å². The zero-order chi connectivity index (χ0) is 21.5. The maximum Gasteiger partial charge on any atom is 0.243 e. The molecule has 2 heterocycles. The van der Waals surface area contributed by atoms with Crippen LogP contribution in [0.4, 0.5) is 18.9 Å². The highest BCUT2D eigenvalue weighted by Gasteiger charge is 2.36. The number of carbonyl (C=O) groups is 1. The van der Waals surface area contributed by atoms with E-state index in [1.807, 2.05) is 6.07 Å². The van der Waals surface area contributed by atoms with E-state index in [4.69, 9.17) is 0 Å². The summed E-state index contributed by atoms with van der Waals surface area (Å²) >= 11 is 0. The molecule has 0 saturated carbocycles. The van der Waals surface area contributed by atoms with Crippen molar-refractivity contribution in [3.63, 3.8) is 0 Å². The first kappa shape index (κ1) is 20.9. The van der Waals surface area contributed by atoms with Crippen LogP contribution in [0, 0.1) is 23.4 Å². The van der Waals surface area contributed by atoms with E-state index in [9.17, 15) is 26.4 Å². The Hall–Kier alpha value is -2.39. The first-order valence-electron chi connectivity index (χ1n) is 9.83. The third kappa shape index (κ3) is 3.72. The zero-order valence-electron chi connectivity index (χ0n) is 16.2. The van der Waals surface area contributed by atoms with Gasteiger partial charge in [0.25, 0.3) is 0 Å². The first-order chi connectivity index (χ1) is 14.3. The minimum Gasteiger partial charge on any atom is -0.309 e. The smallest absolute Gasteiger partial charge is 0.243 e. The molecule has 1 amide bonds. The zero-order valence-corrected chi connectivity index (χ0v) is 17.0. The minimum absolute atomic E-state index is 0.0791. The van der Waals surface area contributed by atoms with Crippen LogP contribution in [-0.2, 0) is 21.2 Å². The summed E-state index contributed by atoms with van der Waals surface area (Å²) in [7, 11) is -3.99. The van der Waals surface area contributed by atoms with Gasteiger partial charge >= 0.3 is 0 Å². The Morgan fingerprint density at radius 1 is 0.933 bits per heavy atom. The molecule has 0 radical (unpaired) electrons. The molecule has 2 aliphatic rings. The van der Waals surface area contributed by atoms with Crippen LogP contribution in [0.3, 0.4) is 0 Å². The summed E-state index contributed by atoms with van der Waals surface area (Å²) in [6.07, 6.45) is 2.01. The number of rotatable bonds is 3. The second-order valence-electron chi connectivity index (χ2n) is 7.60. The van der Waals surface area contributed by atoms with Gasteiger partial charge in [0.15, 0.2) is 11.6 Å². The monoisotopic (exact) mass is 438 g/mol. The number of amides is 1. The fourth-order valence-electron chi connectivity index (χ4n) is 4.17. The molecule has 1 saturated heterocycles. The summed E-state index contributed by atoms with van der Waals surface area (Å²) in [5, 5.41) is 0. The molecular weight excluding hydrogens is 417 g/mol. The van der Waals surface area contributed by atoms with Gasteiger partial charge in [-0.1, -0.05) is 12.1 Å². The van der Waals surface area contributed by atoms with Gasteiger partial charge in [-0.3, -0.25) is 4.79 Å². The standard InChI is InChI=1S/C21H21F3N2O3S/c22-17-7-6-16(13-19(17)24)30(28,29)25-11-8-15(9-12-25)21(27)26-10-2-4-14-3-1-5-18(23)20(14)26/h1,3,5-7,13,15H,2,4,8-12H2. The highest BCUT2D eigenvalue weighted by atomic mass is 32.2. The number of fused-ring (bicyclic) bond motifs is 1. The summed E-state index contributed by atoms with van der Waals surface area (Å²) in [6.45, 7) is 0.589. The molecule has 9 heteroatoms. The molecule has 4 rings (SSSR count). The molecule has 0 aliphatic carbocycles. The number of para-hydroxylation sites is 1. The number of anilines is 1. The SMILES string of the molecule is O=C(C1CCN(S(=O)(=O)c2ccc(F)c(F)c2)CC1)N1CCCc2cccc(F)c21. The van der Waals surface area contributed by atoms with E-state index in [1.54, 1.807) is 6.07 Å². The fourth-order valence-corrected chi connectivity index (χ4v) is 5.66. The second-order valence-corrected chi connectivity index (χ2v) is 9.53. The minimum atomic E-state index is -3.99. The lowest BCUT2D eigenvalue weighted by Crippen LogP contribution is -2.46. The molecule has 0 N–H and O–H groups in total. The first-order valence-corrected chi connectivity index (χ1v) is 11.3. The van der Waals surface area contributed by atoms with Crippen molar-refractivity contribution in [3.05, 3.63) is 59.4 Å². The summed E-state index contributed by atoms with van der Waals surface area (Å²) in [5.74, 6) is -3.41. The Balaban J connectivity index is 1.48. The maximum absolute atomic E-state index is 14.4. The van der Waals surface area contributed by atoms with Gasteiger partial charge in [-0.15, -0.1) is 0 Å². The van der Waals surface area contributed by atoms with Gasteiger partial charge in [0.1, 0.15) is 5.82 Å². The van der Waals surface area contributed by atoms with Crippen molar-refractivity contribution < 1.29 is 26.4 Å². The maximum atomic E-state index is 14.4. The Kier molecular flexibility index (Phi) is 5.59. The quantitative estimate of drug-likeness (QED) is 0.737. The molecule has 0 unspecified atom stereocenters. The number of hydrogen-bond donors (Lipinski definition) is 0. The van der Waals surface area contributed by atoms with E-state index < -0.39 is 33.4 Å². The van der Waals surface area contributed by atoms with Crippen LogP contribution in [0.5, 0.6) is 0 Å². The molecule has 2 aromatic rings. The molecule has 0 bridgehead atoms. The lowest BCUT2D eigenvalue weighted by Gasteiger charge is -2.36. The number of nitrogens with zero attached hydrogens (tertiary/aromatic N) is 2. The number of aryl methyl sites for hydroxylation is 1. The highest BCUT2D eigenvalue weighted by Crippen LogP contribution is 2.33. The second kappa shape index (κ2) is 8.03. The molecule has 30 heavy (non-hydrogen) atoms. The summed E-state index contributed by atoms with van der Waals surface area (Å²) in [5.41, 5.74) is 1.12. The fraction of sp³-hybridized carbons (Fsp3) is 0.381. The van der Waals surface area contributed by atoms with Crippen LogP contribution in [0.1, 0.15) is 24.8 Å². The van der Waals surface area contributed by atoms with Crippen LogP contribution in [0.25, 0.3) is 0 Å². The molecule has 2 aliphatic heterocycles. The van der Waals surface area contributed by atoms with Crippen LogP contribution in [0.15, 0.2) is 41.3 Å². The van der Waals surface area contributed by atoms with Crippen LogP contribution >= 0.6 is 0 Å². The number of sulfonamides is 1. The van der Waals surface area contributed by atoms with E-state index in [1.165, 1.54) is 15.3 Å². The third-order valence-electron chi connectivity index (χ3n) is 5.77. The van der Waals surface area contributed by atoms with Gasteiger partial charge in [-0.05, 0) is 55.5 Å². The van der Waals surface area contributed by atoms with Gasteiger partial charge in [-0.25, -0.2) is 21.6 Å². The van der Waals surface area contributed by atoms with E-state index in [0.717, 1.165) is 24.1 Å². The van der Waals surface area contributed by atoms with Crippen molar-refractivity contribution in [2.75, 3.05) is 24.5 Å². The van der Waals surface area contributed by atoms with Crippen molar-refractivity contribution in [2.45, 2.75) is 30.6 Å². The number of benzene rings is 2. The van der Waals surface area contributed by atoms with Gasteiger partial charge in [-0.2, -0.15) is 4.31 Å². The van der Waals surface area contributed by atoms with Crippen LogP contribution < -0.4 is 4.90 Å². The molecule has 0 aromatic heterocycles. The average Bonchev–Trinajstić information content (AvgIpc) is 2.75. The summed E-state index contributed by atoms with van der Waals surface area (Å²) in [4.78, 5) is 14.2. The van der Waals surface area contributed by atoms with Crippen molar-refractivity contribution >= 4 is 21.6 Å². The average molecular weight is 438 g/mol. The third-order valence-corrected chi connectivity index (χ3v) is 7.66. The Bertz CT molecular complexity index is 1080. The van der Waals surface area contributed by atoms with Crippen molar-refractivity contribution in [2.24, 2.45) is 5.92 Å². The molecule has 5 nitrogen and oxygen atoms in total. The number of carbonyl (C=O) groups excluding carboxylic acids is 1. The summed E-state index contributed by atoms with van der Waals surface area (Å²) in [6, 6.07) is 7.24. The van der Waals surface area contributed by atoms with E-state index in [-0.39, 0.29) is 36.7 Å². The van der Waals surface area contributed by atoms with Crippen LogP contribution in [0.2, 0.25) is 0 Å². The predicted octanol–water partition coefficient (Wildman–Crippen LogP) is 3.48. The molecule has 0 spiro atoms. The molecule has 160 valence electrons. The van der Waals surface area contributed by atoms with E-state index in [2.05, 4.69) is 0 Å². The topological polar surface area (TPSA) is 57.7 Å². The van der Waals surface area contributed by atoms with Gasteiger partial charge < -0.3 is 4.90 Å². The Morgan fingerprint density at radius 2 is 1.67 bits per heavy atom. The van der Waals surface area contributed by atoms with Crippen molar-refractivity contribution in [1.29, 1.82) is 0 Å². The largest absolute Gasteiger partial charge is 0.309 e. The predicted molar refractivity (Wildman–Crippen MR) is 105 cm³/mol. The van der Waals surface area contributed by atoms with Crippen molar-refractivity contribution in [1.82, 2.24) is 4.31 Å². The van der Waals surface area contributed by atoms with E-state index >= 15 is 0 Å². The Labute approximate surface area is 173 Å². The van der Waals surface area contributed by atoms with Gasteiger partial charge in [0.05, 0.1) is 10.6 Å². The lowest BCUT2D eigenvalue weighted by atomic mass is 9.94. The Morgan fingerprint density at radius 3 is 2.37 bits per heavy atom. The lowest BCUT2D eigenvalue weighted by molar-refractivity contribution is -0.123.